The lowest BCUT2D eigenvalue weighted by Gasteiger charge is -2.39. The van der Waals surface area contributed by atoms with Gasteiger partial charge in [0.1, 0.15) is 6.61 Å². The first kappa shape index (κ1) is 33.5. The first-order chi connectivity index (χ1) is 18.4. The van der Waals surface area contributed by atoms with E-state index in [1.165, 1.54) is 12.8 Å². The minimum Gasteiger partial charge on any atom is -0.461 e. The number of hydrogen-bond acceptors (Lipinski definition) is 5. The predicted octanol–water partition coefficient (Wildman–Crippen LogP) is 7.73. The predicted molar refractivity (Wildman–Crippen MR) is 163 cm³/mol. The lowest BCUT2D eigenvalue weighted by molar-refractivity contribution is -0.145. The maximum Gasteiger partial charge on any atom is 0.306 e. The van der Waals surface area contributed by atoms with Crippen molar-refractivity contribution in [1.82, 2.24) is 0 Å². The molecule has 0 bridgehead atoms. The van der Waals surface area contributed by atoms with Crippen LogP contribution in [0.5, 0.6) is 0 Å². The number of rotatable bonds is 16. The van der Waals surface area contributed by atoms with Crippen molar-refractivity contribution >= 4 is 14.3 Å². The molecule has 0 heterocycles. The molecule has 6 heteroatoms. The Labute approximate surface area is 238 Å². The van der Waals surface area contributed by atoms with Crippen LogP contribution in [0.2, 0.25) is 18.1 Å². The lowest BCUT2D eigenvalue weighted by Crippen LogP contribution is -2.43. The van der Waals surface area contributed by atoms with E-state index in [9.17, 15) is 15.0 Å². The van der Waals surface area contributed by atoms with Crippen LogP contribution in [0.3, 0.4) is 0 Å². The molecule has 0 aliphatic heterocycles. The first-order valence-electron chi connectivity index (χ1n) is 15.0. The number of aliphatic hydroxyl groups excluding tert-OH is 2. The van der Waals surface area contributed by atoms with Crippen LogP contribution in [0.25, 0.3) is 0 Å². The summed E-state index contributed by atoms with van der Waals surface area (Å²) in [6, 6.07) is 9.70. The highest BCUT2D eigenvalue weighted by molar-refractivity contribution is 6.74. The Hall–Kier alpha value is -1.73. The Balaban J connectivity index is 1.87. The van der Waals surface area contributed by atoms with Crippen molar-refractivity contribution in [2.75, 3.05) is 0 Å². The van der Waals surface area contributed by atoms with Gasteiger partial charge in [0.15, 0.2) is 8.32 Å². The molecule has 5 nitrogen and oxygen atoms in total. The third-order valence-corrected chi connectivity index (χ3v) is 12.9. The van der Waals surface area contributed by atoms with Crippen LogP contribution in [-0.4, -0.2) is 42.8 Å². The molecule has 1 aromatic rings. The fourth-order valence-corrected chi connectivity index (χ4v) is 6.16. The lowest BCUT2D eigenvalue weighted by atomic mass is 9.89. The van der Waals surface area contributed by atoms with Gasteiger partial charge in [0.25, 0.3) is 0 Å². The zero-order valence-electron chi connectivity index (χ0n) is 25.3. The summed E-state index contributed by atoms with van der Waals surface area (Å²) in [7, 11) is -1.92. The number of allylic oxidation sites excluding steroid dienone is 2. The molecule has 0 radical (unpaired) electrons. The van der Waals surface area contributed by atoms with Crippen molar-refractivity contribution in [3.8, 4) is 0 Å². The zero-order valence-corrected chi connectivity index (χ0v) is 26.3. The van der Waals surface area contributed by atoms with Gasteiger partial charge in [-0.3, -0.25) is 4.79 Å². The van der Waals surface area contributed by atoms with Gasteiger partial charge < -0.3 is 19.4 Å². The fourth-order valence-electron chi connectivity index (χ4n) is 4.85. The molecule has 39 heavy (non-hydrogen) atoms. The van der Waals surface area contributed by atoms with Gasteiger partial charge in [-0.15, -0.1) is 0 Å². The van der Waals surface area contributed by atoms with Crippen molar-refractivity contribution in [1.29, 1.82) is 0 Å². The van der Waals surface area contributed by atoms with E-state index in [1.807, 2.05) is 30.3 Å². The standard InChI is InChI=1S/C33H54O5Si/c1-7-8-12-19-27(38-39(5,6)33(2,3)4)22-23-29-28(30(34)24-31(29)35)20-15-9-10-16-21-32(36)37-25-26-17-13-11-14-18-26/h9,11,13-15,17-18,22-23,27-31,34-35H,7-8,10,12,16,19-21,24-25H2,1-6H3/b15-9-,23-22+/t27-,28+,29+,30-,31+/m0/s1. The van der Waals surface area contributed by atoms with Crippen LogP contribution >= 0.6 is 0 Å². The molecule has 1 aliphatic carbocycles. The van der Waals surface area contributed by atoms with Crippen molar-refractivity contribution < 1.29 is 24.2 Å². The minimum absolute atomic E-state index is 0.0208. The second-order valence-electron chi connectivity index (χ2n) is 12.7. The molecule has 1 saturated carbocycles. The highest BCUT2D eigenvalue weighted by Crippen LogP contribution is 2.39. The molecule has 0 amide bonds. The average molecular weight is 559 g/mol. The first-order valence-corrected chi connectivity index (χ1v) is 17.9. The number of esters is 1. The highest BCUT2D eigenvalue weighted by Gasteiger charge is 2.41. The van der Waals surface area contributed by atoms with E-state index >= 15 is 0 Å². The summed E-state index contributed by atoms with van der Waals surface area (Å²) in [5.41, 5.74) is 0.991. The molecule has 1 aromatic carbocycles. The molecule has 0 aromatic heterocycles. The maximum absolute atomic E-state index is 12.0. The largest absolute Gasteiger partial charge is 0.461 e. The Kier molecular flexibility index (Phi) is 14.2. The quantitative estimate of drug-likeness (QED) is 0.0939. The summed E-state index contributed by atoms with van der Waals surface area (Å²) < 4.78 is 12.1. The topological polar surface area (TPSA) is 76.0 Å². The summed E-state index contributed by atoms with van der Waals surface area (Å²) in [5, 5.41) is 21.5. The monoisotopic (exact) mass is 558 g/mol. The molecule has 0 saturated heterocycles. The zero-order chi connectivity index (χ0) is 28.9. The van der Waals surface area contributed by atoms with Crippen LogP contribution in [0, 0.1) is 11.8 Å². The van der Waals surface area contributed by atoms with E-state index in [0.29, 0.717) is 25.9 Å². The molecule has 1 aliphatic rings. The Bertz CT molecular complexity index is 889. The van der Waals surface area contributed by atoms with Crippen LogP contribution in [0.15, 0.2) is 54.6 Å². The molecule has 0 spiro atoms. The number of benzene rings is 1. The van der Waals surface area contributed by atoms with Crippen LogP contribution in [0.4, 0.5) is 0 Å². The van der Waals surface area contributed by atoms with E-state index in [4.69, 9.17) is 9.16 Å². The Morgan fingerprint density at radius 3 is 2.46 bits per heavy atom. The van der Waals surface area contributed by atoms with Gasteiger partial charge in [-0.25, -0.2) is 0 Å². The van der Waals surface area contributed by atoms with E-state index < -0.39 is 20.5 Å². The van der Waals surface area contributed by atoms with Gasteiger partial charge in [-0.05, 0) is 55.3 Å². The number of unbranched alkanes of at least 4 members (excludes halogenated alkanes) is 3. The van der Waals surface area contributed by atoms with Crippen molar-refractivity contribution in [3.05, 3.63) is 60.2 Å². The smallest absolute Gasteiger partial charge is 0.306 e. The normalized spacial score (nSPS) is 23.1. The molecule has 5 atom stereocenters. The summed E-state index contributed by atoms with van der Waals surface area (Å²) in [4.78, 5) is 12.0. The van der Waals surface area contributed by atoms with Crippen LogP contribution in [-0.2, 0) is 20.6 Å². The number of aliphatic hydroxyl groups is 2. The molecule has 0 unspecified atom stereocenters. The van der Waals surface area contributed by atoms with Gasteiger partial charge in [-0.1, -0.05) is 102 Å². The summed E-state index contributed by atoms with van der Waals surface area (Å²) in [5.74, 6) is -0.290. The second-order valence-corrected chi connectivity index (χ2v) is 17.4. The highest BCUT2D eigenvalue weighted by atomic mass is 28.4. The van der Waals surface area contributed by atoms with Crippen molar-refractivity contribution in [2.45, 2.75) is 129 Å². The summed E-state index contributed by atoms with van der Waals surface area (Å²) in [6.45, 7) is 13.9. The SMILES string of the molecule is CCCCC[C@@H](/C=C/[C@@H]1[C@@H](C/C=C\CCCC(=O)OCc2ccccc2)[C@@H](O)C[C@H]1O)O[Si](C)(C)C(C)(C)C. The van der Waals surface area contributed by atoms with Gasteiger partial charge in [0.2, 0.25) is 0 Å². The van der Waals surface area contributed by atoms with Crippen LogP contribution < -0.4 is 0 Å². The molecule has 220 valence electrons. The van der Waals surface area contributed by atoms with Gasteiger partial charge in [-0.2, -0.15) is 0 Å². The van der Waals surface area contributed by atoms with E-state index in [0.717, 1.165) is 31.2 Å². The molecule has 2 N–H and O–H groups in total. The average Bonchev–Trinajstić information content (AvgIpc) is 3.14. The van der Waals surface area contributed by atoms with E-state index in [2.05, 4.69) is 65.1 Å². The van der Waals surface area contributed by atoms with Gasteiger partial charge in [0.05, 0.1) is 18.3 Å². The molecular formula is C33H54O5Si. The third-order valence-electron chi connectivity index (χ3n) is 8.38. The van der Waals surface area contributed by atoms with E-state index in [1.54, 1.807) is 0 Å². The Morgan fingerprint density at radius 2 is 1.79 bits per heavy atom. The van der Waals surface area contributed by atoms with Gasteiger partial charge >= 0.3 is 5.97 Å². The van der Waals surface area contributed by atoms with Gasteiger partial charge in [0, 0.05) is 18.8 Å². The van der Waals surface area contributed by atoms with Crippen LogP contribution in [0.1, 0.15) is 91.0 Å². The number of carbonyl (C=O) groups excluding carboxylic acids is 1. The second kappa shape index (κ2) is 16.5. The fraction of sp³-hybridized carbons (Fsp3) is 0.667. The van der Waals surface area contributed by atoms with Crippen molar-refractivity contribution in [3.63, 3.8) is 0 Å². The van der Waals surface area contributed by atoms with E-state index in [-0.39, 0.29) is 28.9 Å². The summed E-state index contributed by atoms with van der Waals surface area (Å²) >= 11 is 0. The molecule has 1 fully saturated rings. The summed E-state index contributed by atoms with van der Waals surface area (Å²) in [6.07, 6.45) is 14.9. The number of hydrogen-bond donors (Lipinski definition) is 2. The number of carbonyl (C=O) groups is 1. The minimum atomic E-state index is -1.92. The third kappa shape index (κ3) is 11.7. The maximum atomic E-state index is 12.0. The number of ether oxygens (including phenoxy) is 1. The van der Waals surface area contributed by atoms with Crippen molar-refractivity contribution in [2.24, 2.45) is 11.8 Å². The Morgan fingerprint density at radius 1 is 1.08 bits per heavy atom. The molecular weight excluding hydrogens is 504 g/mol. The molecule has 2 rings (SSSR count).